The Bertz CT molecular complexity index is 2230. The van der Waals surface area contributed by atoms with Gasteiger partial charge in [0.15, 0.2) is 16.6 Å². The minimum absolute atomic E-state index is 0.0407. The first-order valence-corrected chi connectivity index (χ1v) is 16.7. The van der Waals surface area contributed by atoms with Crippen LogP contribution in [0.1, 0.15) is 82.6 Å². The molecule has 232 valence electrons. The molecule has 0 fully saturated rings. The summed E-state index contributed by atoms with van der Waals surface area (Å²) < 4.78 is 11.9. The van der Waals surface area contributed by atoms with Crippen LogP contribution in [0, 0.1) is 6.92 Å². The van der Waals surface area contributed by atoms with Crippen LogP contribution in [0.5, 0.6) is 0 Å². The first-order valence-electron chi connectivity index (χ1n) is 16.7. The summed E-state index contributed by atoms with van der Waals surface area (Å²) in [7, 11) is 2.21. The molecule has 0 aliphatic heterocycles. The summed E-state index contributed by atoms with van der Waals surface area (Å²) in [5, 5.41) is 2.33. The summed E-state index contributed by atoms with van der Waals surface area (Å²) in [6.45, 7) is 18.3. The average Bonchev–Trinajstić information content (AvgIpc) is 3.55. The van der Waals surface area contributed by atoms with E-state index in [1.807, 2.05) is 0 Å². The molecule has 0 unspecified atom stereocenters. The van der Waals surface area contributed by atoms with Gasteiger partial charge in [0.25, 0.3) is 5.82 Å². The highest BCUT2D eigenvalue weighted by Gasteiger charge is 2.34. The largest absolute Gasteiger partial charge is 0.455 e. The third kappa shape index (κ3) is 4.67. The quantitative estimate of drug-likeness (QED) is 0.179. The highest BCUT2D eigenvalue weighted by molar-refractivity contribution is 6.10. The number of hydrogen-bond acceptors (Lipinski definition) is 1. The van der Waals surface area contributed by atoms with Crippen LogP contribution in [-0.4, -0.2) is 4.57 Å². The third-order valence-corrected chi connectivity index (χ3v) is 9.66. The van der Waals surface area contributed by atoms with Gasteiger partial charge in [0.2, 0.25) is 0 Å². The SMILES string of the molecule is Cc1ccc2c(oc3c(C(C)(C)C)cccc32)c1-c1n(-c2c(C(C)C)cc(-c3ccccc3)cc2C(C)C)c2ccccc2[n+]1C. The molecule has 3 nitrogen and oxygen atoms in total. The molecule has 2 heterocycles. The topological polar surface area (TPSA) is 21.9 Å². The van der Waals surface area contributed by atoms with Crippen molar-refractivity contribution < 1.29 is 8.98 Å². The summed E-state index contributed by atoms with van der Waals surface area (Å²) in [6.07, 6.45) is 0. The molecule has 3 heteroatoms. The maximum Gasteiger partial charge on any atom is 0.299 e. The molecule has 5 aromatic carbocycles. The highest BCUT2D eigenvalue weighted by atomic mass is 16.3. The molecular weight excluding hydrogens is 560 g/mol. The zero-order chi connectivity index (χ0) is 32.5. The van der Waals surface area contributed by atoms with Gasteiger partial charge in [-0.15, -0.1) is 0 Å². The number of rotatable bonds is 5. The number of benzene rings is 5. The molecule has 0 bridgehead atoms. The number of nitrogens with zero attached hydrogens (tertiary/aromatic N) is 2. The van der Waals surface area contributed by atoms with Crippen molar-refractivity contribution in [2.75, 3.05) is 0 Å². The number of aromatic nitrogens is 2. The molecule has 2 aromatic heterocycles. The summed E-state index contributed by atoms with van der Waals surface area (Å²) in [6, 6.07) is 35.6. The molecule has 0 saturated carbocycles. The zero-order valence-corrected chi connectivity index (χ0v) is 28.7. The molecule has 0 aliphatic carbocycles. The van der Waals surface area contributed by atoms with Crippen molar-refractivity contribution in [3.63, 3.8) is 0 Å². The van der Waals surface area contributed by atoms with Crippen molar-refractivity contribution in [3.8, 4) is 28.2 Å². The lowest BCUT2D eigenvalue weighted by atomic mass is 9.86. The van der Waals surface area contributed by atoms with Crippen molar-refractivity contribution in [3.05, 3.63) is 119 Å². The summed E-state index contributed by atoms with van der Waals surface area (Å²) in [4.78, 5) is 0. The molecule has 0 aliphatic rings. The molecule has 46 heavy (non-hydrogen) atoms. The first-order chi connectivity index (χ1) is 22.0. The molecular formula is C43H45N2O+. The summed E-state index contributed by atoms with van der Waals surface area (Å²) >= 11 is 0. The van der Waals surface area contributed by atoms with Crippen molar-refractivity contribution in [2.45, 2.75) is 72.6 Å². The Morgan fingerprint density at radius 1 is 0.674 bits per heavy atom. The van der Waals surface area contributed by atoms with Gasteiger partial charge < -0.3 is 4.42 Å². The lowest BCUT2D eigenvalue weighted by Crippen LogP contribution is -2.30. The molecule has 0 spiro atoms. The van der Waals surface area contributed by atoms with Gasteiger partial charge in [-0.05, 0) is 65.1 Å². The van der Waals surface area contributed by atoms with Crippen LogP contribution >= 0.6 is 0 Å². The van der Waals surface area contributed by atoms with Gasteiger partial charge in [0, 0.05) is 27.5 Å². The van der Waals surface area contributed by atoms with Gasteiger partial charge in [-0.3, -0.25) is 0 Å². The number of hydrogen-bond donors (Lipinski definition) is 0. The van der Waals surface area contributed by atoms with Crippen molar-refractivity contribution in [1.29, 1.82) is 0 Å². The fourth-order valence-corrected chi connectivity index (χ4v) is 7.27. The normalized spacial score (nSPS) is 12.4. The number of fused-ring (bicyclic) bond motifs is 4. The molecule has 0 atom stereocenters. The number of para-hydroxylation sites is 3. The van der Waals surface area contributed by atoms with Gasteiger partial charge in [0.1, 0.15) is 16.8 Å². The van der Waals surface area contributed by atoms with Crippen molar-refractivity contribution in [1.82, 2.24) is 4.57 Å². The fourth-order valence-electron chi connectivity index (χ4n) is 7.27. The molecule has 7 aromatic rings. The van der Waals surface area contributed by atoms with E-state index in [1.165, 1.54) is 55.5 Å². The second-order valence-corrected chi connectivity index (χ2v) is 14.6. The third-order valence-electron chi connectivity index (χ3n) is 9.66. The van der Waals surface area contributed by atoms with E-state index < -0.39 is 0 Å². The second-order valence-electron chi connectivity index (χ2n) is 14.6. The number of furan rings is 1. The van der Waals surface area contributed by atoms with E-state index in [-0.39, 0.29) is 5.41 Å². The number of aryl methyl sites for hydroxylation is 2. The maximum atomic E-state index is 7.02. The first kappa shape index (κ1) is 30.0. The predicted molar refractivity (Wildman–Crippen MR) is 194 cm³/mol. The lowest BCUT2D eigenvalue weighted by molar-refractivity contribution is -0.633. The van der Waals surface area contributed by atoms with E-state index in [0.29, 0.717) is 11.8 Å². The van der Waals surface area contributed by atoms with E-state index in [0.717, 1.165) is 27.9 Å². The predicted octanol–water partition coefficient (Wildman–Crippen LogP) is 11.5. The van der Waals surface area contributed by atoms with Gasteiger partial charge in [-0.1, -0.05) is 121 Å². The minimum atomic E-state index is -0.0407. The Morgan fingerprint density at radius 3 is 1.96 bits per heavy atom. The van der Waals surface area contributed by atoms with E-state index in [1.54, 1.807) is 0 Å². The average molecular weight is 606 g/mol. The van der Waals surface area contributed by atoms with Crippen molar-refractivity contribution >= 4 is 33.0 Å². The minimum Gasteiger partial charge on any atom is -0.455 e. The molecule has 0 saturated heterocycles. The summed E-state index contributed by atoms with van der Waals surface area (Å²) in [5.41, 5.74) is 14.3. The van der Waals surface area contributed by atoms with Gasteiger partial charge >= 0.3 is 0 Å². The maximum absolute atomic E-state index is 7.02. The fraction of sp³-hybridized carbons (Fsp3) is 0.279. The molecule has 0 N–H and O–H groups in total. The zero-order valence-electron chi connectivity index (χ0n) is 28.7. The van der Waals surface area contributed by atoms with E-state index in [9.17, 15) is 0 Å². The van der Waals surface area contributed by atoms with Crippen molar-refractivity contribution in [2.24, 2.45) is 7.05 Å². The Morgan fingerprint density at radius 2 is 1.30 bits per heavy atom. The smallest absolute Gasteiger partial charge is 0.299 e. The molecule has 0 radical (unpaired) electrons. The standard InChI is InChI=1S/C43H45N2O/c1-26(2)33-24-30(29-16-11-10-12-17-29)25-34(27(3)4)39(33)45-37-21-14-13-20-36(37)44(9)42(45)38-28(5)22-23-32-31-18-15-19-35(43(6,7)8)40(31)46-41(32)38/h10-27H,1-9H3/q+1. The number of imidazole rings is 1. The van der Waals surface area contributed by atoms with Gasteiger partial charge in [-0.2, -0.15) is 4.57 Å². The van der Waals surface area contributed by atoms with E-state index in [2.05, 4.69) is 169 Å². The Balaban J connectivity index is 1.65. The second kappa shape index (κ2) is 11.0. The Kier molecular flexibility index (Phi) is 7.20. The van der Waals surface area contributed by atoms with E-state index in [4.69, 9.17) is 4.42 Å². The van der Waals surface area contributed by atoms with Crippen LogP contribution in [0.3, 0.4) is 0 Å². The van der Waals surface area contributed by atoms with E-state index >= 15 is 0 Å². The van der Waals surface area contributed by atoms with Crippen LogP contribution in [-0.2, 0) is 12.5 Å². The Hall–Kier alpha value is -4.63. The highest BCUT2D eigenvalue weighted by Crippen LogP contribution is 2.44. The summed E-state index contributed by atoms with van der Waals surface area (Å²) in [5.74, 6) is 1.76. The van der Waals surface area contributed by atoms with Crippen LogP contribution in [0.15, 0.2) is 101 Å². The van der Waals surface area contributed by atoms with Crippen LogP contribution in [0.4, 0.5) is 0 Å². The van der Waals surface area contributed by atoms with Crippen LogP contribution in [0.2, 0.25) is 0 Å². The van der Waals surface area contributed by atoms with Crippen LogP contribution in [0.25, 0.3) is 61.2 Å². The van der Waals surface area contributed by atoms with Gasteiger partial charge in [-0.25, -0.2) is 4.57 Å². The van der Waals surface area contributed by atoms with Crippen LogP contribution < -0.4 is 4.57 Å². The van der Waals surface area contributed by atoms with Gasteiger partial charge in [0.05, 0.1) is 7.05 Å². The lowest BCUT2D eigenvalue weighted by Gasteiger charge is -2.21. The molecule has 7 rings (SSSR count). The Labute approximate surface area is 273 Å². The monoisotopic (exact) mass is 605 g/mol. The molecule has 0 amide bonds.